The van der Waals surface area contributed by atoms with Crippen LogP contribution < -0.4 is 9.80 Å². The average molecular weight is 1100 g/mol. The Bertz CT molecular complexity index is 5680. The van der Waals surface area contributed by atoms with Crippen molar-refractivity contribution in [2.24, 2.45) is 0 Å². The number of aromatic nitrogens is 1. The number of benzene rings is 13. The van der Waals surface area contributed by atoms with Crippen LogP contribution in [-0.4, -0.2) is 4.57 Å². The molecule has 7 nitrogen and oxygen atoms in total. The Morgan fingerprint density at radius 2 is 0.826 bits per heavy atom. The van der Waals surface area contributed by atoms with Crippen molar-refractivity contribution in [2.75, 3.05) is 9.80 Å². The van der Waals surface area contributed by atoms with E-state index in [-0.39, 0.29) is 0 Å². The van der Waals surface area contributed by atoms with Crippen molar-refractivity contribution < 1.29 is 8.83 Å². The van der Waals surface area contributed by atoms with Gasteiger partial charge in [-0.15, -0.1) is 0 Å². The monoisotopic (exact) mass is 1100 g/mol. The molecule has 0 saturated carbocycles. The summed E-state index contributed by atoms with van der Waals surface area (Å²) >= 11 is 0. The third-order valence-corrected chi connectivity index (χ3v) is 18.7. The van der Waals surface area contributed by atoms with Crippen LogP contribution in [0.25, 0.3) is 104 Å². The van der Waals surface area contributed by atoms with E-state index in [9.17, 15) is 10.5 Å². The Labute approximate surface area is 493 Å². The van der Waals surface area contributed by atoms with E-state index in [0.717, 1.165) is 99.9 Å². The van der Waals surface area contributed by atoms with Gasteiger partial charge in [0, 0.05) is 55.1 Å². The predicted molar refractivity (Wildman–Crippen MR) is 349 cm³/mol. The van der Waals surface area contributed by atoms with Crippen molar-refractivity contribution in [1.29, 1.82) is 10.5 Å². The fraction of sp³-hybridized carbons (Fsp3) is 0.0380. The van der Waals surface area contributed by atoms with Gasteiger partial charge in [0.1, 0.15) is 12.1 Å². The summed E-state index contributed by atoms with van der Waals surface area (Å²) in [7, 11) is 0. The minimum atomic E-state index is -0.826. The molecular formula is C79H47N5O2. The summed E-state index contributed by atoms with van der Waals surface area (Å²) in [6.07, 6.45) is 0. The molecule has 0 atom stereocenters. The highest BCUT2D eigenvalue weighted by Gasteiger charge is 2.52. The standard InChI is InChI=1S/C79H47N5O2/c1-46-17-3-10-30-66(46)82(70-33-15-27-58-56-25-13-21-50(44-80)75(56)85-77(58)70)52-37-40-68-60(41-52)61-42-53(83(67-31-11-4-18-47(67)2)71-34-16-28-59-57-26-14-22-51(45-81)76(57)86-78(59)71)43-65-74(61)84(68)69-32-12-9-29-62(69)79(65)63-38-35-48-19-5-7-23-54(48)72(63)73-55-24-8-6-20-49(55)36-39-64(73)79/h3-43H,1-2H3. The van der Waals surface area contributed by atoms with Crippen LogP contribution in [0, 0.1) is 36.5 Å². The SMILES string of the molecule is Cc1ccccc1N(c1ccc2c(c1)c1cc(N(c3ccccc3C)c3cccc4c3oc3c(C#N)cccc34)cc3c1n2-c1ccccc1C31c2ccc3ccccc3c2-c2c1ccc1ccccc21)c1cccc2c1oc1c(C#N)cccc12. The summed E-state index contributed by atoms with van der Waals surface area (Å²) in [5.41, 5.74) is 21.1. The summed E-state index contributed by atoms with van der Waals surface area (Å²) in [6.45, 7) is 4.33. The molecule has 0 fully saturated rings. The second-order valence-electron chi connectivity index (χ2n) is 23.0. The Balaban J connectivity index is 1.01. The summed E-state index contributed by atoms with van der Waals surface area (Å²) in [5, 5.41) is 31.4. The molecular weight excluding hydrogens is 1050 g/mol. The van der Waals surface area contributed by atoms with Crippen LogP contribution in [0.4, 0.5) is 34.1 Å². The normalized spacial score (nSPS) is 12.8. The van der Waals surface area contributed by atoms with E-state index in [0.29, 0.717) is 33.5 Å². The molecule has 13 aromatic carbocycles. The Morgan fingerprint density at radius 1 is 0.360 bits per heavy atom. The fourth-order valence-corrected chi connectivity index (χ4v) is 15.1. The van der Waals surface area contributed by atoms with Gasteiger partial charge in [0.25, 0.3) is 0 Å². The maximum Gasteiger partial charge on any atom is 0.159 e. The maximum atomic E-state index is 10.5. The van der Waals surface area contributed by atoms with Crippen LogP contribution in [0.3, 0.4) is 0 Å². The van der Waals surface area contributed by atoms with Crippen molar-refractivity contribution in [1.82, 2.24) is 4.57 Å². The molecule has 0 saturated heterocycles. The van der Waals surface area contributed by atoms with Gasteiger partial charge in [0.15, 0.2) is 22.3 Å². The van der Waals surface area contributed by atoms with E-state index in [1.807, 2.05) is 30.3 Å². The van der Waals surface area contributed by atoms with Crippen LogP contribution in [-0.2, 0) is 5.41 Å². The van der Waals surface area contributed by atoms with E-state index in [1.165, 1.54) is 49.4 Å². The van der Waals surface area contributed by atoms with Crippen LogP contribution in [0.15, 0.2) is 258 Å². The number of nitrogens with zero attached hydrogens (tertiary/aromatic N) is 5. The van der Waals surface area contributed by atoms with Gasteiger partial charge >= 0.3 is 0 Å². The largest absolute Gasteiger partial charge is 0.452 e. The zero-order chi connectivity index (χ0) is 57.1. The first-order valence-electron chi connectivity index (χ1n) is 29.1. The Hall–Kier alpha value is -11.6. The van der Waals surface area contributed by atoms with Crippen molar-refractivity contribution in [2.45, 2.75) is 19.3 Å². The smallest absolute Gasteiger partial charge is 0.159 e. The lowest BCUT2D eigenvalue weighted by atomic mass is 9.65. The predicted octanol–water partition coefficient (Wildman–Crippen LogP) is 20.9. The molecule has 7 heteroatoms. The third-order valence-electron chi connectivity index (χ3n) is 18.7. The van der Waals surface area contributed by atoms with Gasteiger partial charge in [-0.05, 0) is 153 Å². The molecule has 16 aromatic rings. The van der Waals surface area contributed by atoms with E-state index in [4.69, 9.17) is 8.83 Å². The van der Waals surface area contributed by atoms with Crippen LogP contribution in [0.5, 0.6) is 0 Å². The number of anilines is 6. The van der Waals surface area contributed by atoms with Gasteiger partial charge in [-0.25, -0.2) is 0 Å². The molecule has 86 heavy (non-hydrogen) atoms. The maximum absolute atomic E-state index is 10.5. The molecule has 2 aliphatic rings. The van der Waals surface area contributed by atoms with Crippen LogP contribution >= 0.6 is 0 Å². The second kappa shape index (κ2) is 17.7. The molecule has 0 bridgehead atoms. The number of fused-ring (bicyclic) bond motifs is 22. The van der Waals surface area contributed by atoms with E-state index in [2.05, 4.69) is 259 Å². The Morgan fingerprint density at radius 3 is 1.40 bits per heavy atom. The van der Waals surface area contributed by atoms with Crippen LogP contribution in [0.1, 0.15) is 44.5 Å². The molecule has 1 aliphatic heterocycles. The summed E-state index contributed by atoms with van der Waals surface area (Å²) < 4.78 is 16.4. The van der Waals surface area contributed by atoms with Gasteiger partial charge in [0.05, 0.1) is 44.6 Å². The van der Waals surface area contributed by atoms with Crippen molar-refractivity contribution in [3.63, 3.8) is 0 Å². The number of hydrogen-bond donors (Lipinski definition) is 0. The van der Waals surface area contributed by atoms with Crippen molar-refractivity contribution >= 4 is 121 Å². The quantitative estimate of drug-likeness (QED) is 0.165. The van der Waals surface area contributed by atoms with Gasteiger partial charge in [-0.1, -0.05) is 176 Å². The molecule has 4 heterocycles. The molecule has 1 aliphatic carbocycles. The lowest BCUT2D eigenvalue weighted by molar-refractivity contribution is 0.667. The summed E-state index contributed by atoms with van der Waals surface area (Å²) in [6, 6.07) is 94.3. The first kappa shape index (κ1) is 47.9. The third kappa shape index (κ3) is 6.27. The molecule has 0 N–H and O–H groups in total. The number of rotatable bonds is 6. The lowest BCUT2D eigenvalue weighted by Crippen LogP contribution is -2.33. The highest BCUT2D eigenvalue weighted by Crippen LogP contribution is 2.64. The molecule has 0 amide bonds. The molecule has 0 unspecified atom stereocenters. The molecule has 3 aromatic heterocycles. The van der Waals surface area contributed by atoms with E-state index < -0.39 is 5.41 Å². The minimum absolute atomic E-state index is 0.490. The number of furan rings is 2. The second-order valence-corrected chi connectivity index (χ2v) is 23.0. The highest BCUT2D eigenvalue weighted by molar-refractivity contribution is 6.20. The molecule has 18 rings (SSSR count). The number of para-hydroxylation sites is 7. The zero-order valence-corrected chi connectivity index (χ0v) is 46.7. The van der Waals surface area contributed by atoms with Crippen molar-refractivity contribution in [3.8, 4) is 29.0 Å². The highest BCUT2D eigenvalue weighted by atomic mass is 16.3. The average Bonchev–Trinajstić information content (AvgIpc) is 1.49. The van der Waals surface area contributed by atoms with Gasteiger partial charge in [-0.3, -0.25) is 0 Å². The first-order valence-corrected chi connectivity index (χ1v) is 29.1. The fourth-order valence-electron chi connectivity index (χ4n) is 15.1. The van der Waals surface area contributed by atoms with Gasteiger partial charge < -0.3 is 23.2 Å². The Kier molecular flexibility index (Phi) is 9.86. The summed E-state index contributed by atoms with van der Waals surface area (Å²) in [4.78, 5) is 4.71. The molecule has 400 valence electrons. The van der Waals surface area contributed by atoms with Crippen LogP contribution in [0.2, 0.25) is 0 Å². The lowest BCUT2D eigenvalue weighted by Gasteiger charge is -2.40. The first-order chi connectivity index (χ1) is 42.4. The topological polar surface area (TPSA) is 85.3 Å². The van der Waals surface area contributed by atoms with Gasteiger partial charge in [-0.2, -0.15) is 10.5 Å². The van der Waals surface area contributed by atoms with E-state index >= 15 is 0 Å². The minimum Gasteiger partial charge on any atom is -0.452 e. The number of aryl methyl sites for hydroxylation is 2. The number of nitriles is 2. The number of hydrogen-bond acceptors (Lipinski definition) is 6. The van der Waals surface area contributed by atoms with E-state index in [1.54, 1.807) is 0 Å². The molecule has 1 spiro atoms. The molecule has 0 radical (unpaired) electrons. The zero-order valence-electron chi connectivity index (χ0n) is 46.7. The van der Waals surface area contributed by atoms with Gasteiger partial charge in [0.2, 0.25) is 0 Å². The summed E-state index contributed by atoms with van der Waals surface area (Å²) in [5.74, 6) is 0. The van der Waals surface area contributed by atoms with Crippen molar-refractivity contribution in [3.05, 3.63) is 293 Å².